The van der Waals surface area contributed by atoms with Crippen LogP contribution >= 0.6 is 34.5 Å². The van der Waals surface area contributed by atoms with Gasteiger partial charge < -0.3 is 5.32 Å². The molecule has 0 saturated carbocycles. The third-order valence-corrected chi connectivity index (χ3v) is 3.01. The van der Waals surface area contributed by atoms with Gasteiger partial charge in [0.1, 0.15) is 5.01 Å². The van der Waals surface area contributed by atoms with Gasteiger partial charge in [0.25, 0.3) is 0 Å². The molecule has 0 atom stereocenters. The maximum absolute atomic E-state index is 5.87. The highest BCUT2D eigenvalue weighted by Crippen LogP contribution is 2.22. The number of anilines is 1. The van der Waals surface area contributed by atoms with E-state index in [1.54, 1.807) is 23.6 Å². The average Bonchev–Trinajstić information content (AvgIpc) is 2.65. The summed E-state index contributed by atoms with van der Waals surface area (Å²) in [4.78, 5) is 4.17. The van der Waals surface area contributed by atoms with E-state index >= 15 is 0 Å². The molecule has 1 N–H and O–H groups in total. The van der Waals surface area contributed by atoms with Gasteiger partial charge >= 0.3 is 0 Å². The first-order chi connectivity index (χ1) is 7.24. The molecule has 1 aromatic heterocycles. The third kappa shape index (κ3) is 3.09. The molecule has 5 heteroatoms. The van der Waals surface area contributed by atoms with Gasteiger partial charge in [-0.05, 0) is 18.2 Å². The summed E-state index contributed by atoms with van der Waals surface area (Å²) in [5.41, 5.74) is 0.905. The van der Waals surface area contributed by atoms with Crippen molar-refractivity contribution in [1.82, 2.24) is 4.98 Å². The Balaban J connectivity index is 2.05. The molecule has 2 rings (SSSR count). The second-order valence-corrected chi connectivity index (χ2v) is 4.79. The second-order valence-electron chi connectivity index (χ2n) is 2.94. The van der Waals surface area contributed by atoms with Crippen LogP contribution in [0, 0.1) is 0 Å². The molecule has 0 amide bonds. The molecule has 1 aromatic carbocycles. The lowest BCUT2D eigenvalue weighted by atomic mass is 10.3. The molecule has 0 aliphatic carbocycles. The first kappa shape index (κ1) is 10.7. The van der Waals surface area contributed by atoms with Crippen LogP contribution in [0.1, 0.15) is 5.01 Å². The van der Waals surface area contributed by atoms with Gasteiger partial charge in [0.15, 0.2) is 0 Å². The van der Waals surface area contributed by atoms with Crippen molar-refractivity contribution in [3.63, 3.8) is 0 Å². The Bertz CT molecular complexity index is 422. The van der Waals surface area contributed by atoms with Crippen molar-refractivity contribution in [2.75, 3.05) is 5.32 Å². The van der Waals surface area contributed by atoms with Gasteiger partial charge in [-0.15, -0.1) is 11.3 Å². The molecule has 15 heavy (non-hydrogen) atoms. The normalized spacial score (nSPS) is 10.3. The summed E-state index contributed by atoms with van der Waals surface area (Å²) < 4.78 is 0. The fraction of sp³-hybridized carbons (Fsp3) is 0.100. The Labute approximate surface area is 102 Å². The lowest BCUT2D eigenvalue weighted by Crippen LogP contribution is -1.98. The first-order valence-corrected chi connectivity index (χ1v) is 5.96. The topological polar surface area (TPSA) is 24.9 Å². The number of benzene rings is 1. The van der Waals surface area contributed by atoms with E-state index in [1.165, 1.54) is 0 Å². The van der Waals surface area contributed by atoms with E-state index in [4.69, 9.17) is 23.2 Å². The highest BCUT2D eigenvalue weighted by molar-refractivity contribution is 7.09. The molecule has 2 nitrogen and oxygen atoms in total. The highest BCUT2D eigenvalue weighted by atomic mass is 35.5. The van der Waals surface area contributed by atoms with Crippen LogP contribution in [-0.4, -0.2) is 4.98 Å². The van der Waals surface area contributed by atoms with Gasteiger partial charge in [0, 0.05) is 27.3 Å². The zero-order chi connectivity index (χ0) is 10.7. The predicted molar refractivity (Wildman–Crippen MR) is 65.9 cm³/mol. The van der Waals surface area contributed by atoms with E-state index in [9.17, 15) is 0 Å². The molecule has 0 unspecified atom stereocenters. The number of aromatic nitrogens is 1. The maximum atomic E-state index is 5.87. The minimum absolute atomic E-state index is 0.629. The first-order valence-electron chi connectivity index (χ1n) is 4.32. The van der Waals surface area contributed by atoms with E-state index in [1.807, 2.05) is 17.5 Å². The SMILES string of the molecule is Clc1cc(Cl)cc(NCc2nccs2)c1. The quantitative estimate of drug-likeness (QED) is 0.898. The minimum Gasteiger partial charge on any atom is -0.378 e. The summed E-state index contributed by atoms with van der Waals surface area (Å²) >= 11 is 13.4. The number of rotatable bonds is 3. The summed E-state index contributed by atoms with van der Waals surface area (Å²) in [6.07, 6.45) is 1.78. The van der Waals surface area contributed by atoms with Crippen molar-refractivity contribution in [2.45, 2.75) is 6.54 Å². The van der Waals surface area contributed by atoms with Crippen molar-refractivity contribution in [2.24, 2.45) is 0 Å². The van der Waals surface area contributed by atoms with Crippen LogP contribution in [0.25, 0.3) is 0 Å². The predicted octanol–water partition coefficient (Wildman–Crippen LogP) is 4.06. The molecule has 1 heterocycles. The van der Waals surface area contributed by atoms with Gasteiger partial charge in [0.05, 0.1) is 6.54 Å². The zero-order valence-corrected chi connectivity index (χ0v) is 10.0. The Morgan fingerprint density at radius 2 is 1.93 bits per heavy atom. The fourth-order valence-corrected chi connectivity index (χ4v) is 2.26. The van der Waals surface area contributed by atoms with Crippen molar-refractivity contribution < 1.29 is 0 Å². The lowest BCUT2D eigenvalue weighted by Gasteiger charge is -2.05. The third-order valence-electron chi connectivity index (χ3n) is 1.79. The second kappa shape index (κ2) is 4.84. The summed E-state index contributed by atoms with van der Waals surface area (Å²) in [7, 11) is 0. The smallest absolute Gasteiger partial charge is 0.112 e. The lowest BCUT2D eigenvalue weighted by molar-refractivity contribution is 1.10. The Morgan fingerprint density at radius 1 is 1.20 bits per heavy atom. The summed E-state index contributed by atoms with van der Waals surface area (Å²) in [5.74, 6) is 0. The van der Waals surface area contributed by atoms with Crippen molar-refractivity contribution in [1.29, 1.82) is 0 Å². The molecule has 2 aromatic rings. The van der Waals surface area contributed by atoms with Crippen LogP contribution in [0.3, 0.4) is 0 Å². The number of thiazole rings is 1. The number of nitrogens with one attached hydrogen (secondary N) is 1. The van der Waals surface area contributed by atoms with E-state index < -0.39 is 0 Å². The van der Waals surface area contributed by atoms with Crippen LogP contribution in [0.4, 0.5) is 5.69 Å². The molecule has 0 aliphatic rings. The summed E-state index contributed by atoms with van der Waals surface area (Å²) in [6.45, 7) is 0.689. The maximum Gasteiger partial charge on any atom is 0.112 e. The number of hydrogen-bond acceptors (Lipinski definition) is 3. The zero-order valence-electron chi connectivity index (χ0n) is 7.71. The van der Waals surface area contributed by atoms with Crippen LogP contribution in [-0.2, 0) is 6.54 Å². The fourth-order valence-electron chi connectivity index (χ4n) is 1.17. The van der Waals surface area contributed by atoms with E-state index in [2.05, 4.69) is 10.3 Å². The molecule has 0 bridgehead atoms. The number of hydrogen-bond donors (Lipinski definition) is 1. The van der Waals surface area contributed by atoms with Crippen molar-refractivity contribution in [3.8, 4) is 0 Å². The van der Waals surface area contributed by atoms with Crippen LogP contribution in [0.5, 0.6) is 0 Å². The molecule has 0 fully saturated rings. The van der Waals surface area contributed by atoms with Crippen molar-refractivity contribution in [3.05, 3.63) is 44.8 Å². The monoisotopic (exact) mass is 258 g/mol. The molecule has 78 valence electrons. The number of nitrogens with zero attached hydrogens (tertiary/aromatic N) is 1. The van der Waals surface area contributed by atoms with Crippen LogP contribution in [0.2, 0.25) is 10.0 Å². The minimum atomic E-state index is 0.629. The number of halogens is 2. The van der Waals surface area contributed by atoms with Gasteiger partial charge in [-0.3, -0.25) is 0 Å². The van der Waals surface area contributed by atoms with Gasteiger partial charge in [0.2, 0.25) is 0 Å². The van der Waals surface area contributed by atoms with Gasteiger partial charge in [-0.2, -0.15) is 0 Å². The average molecular weight is 259 g/mol. The summed E-state index contributed by atoms with van der Waals surface area (Å²) in [6, 6.07) is 5.37. The molecule has 0 radical (unpaired) electrons. The Kier molecular flexibility index (Phi) is 3.46. The Morgan fingerprint density at radius 3 is 2.53 bits per heavy atom. The molecular formula is C10H8Cl2N2S. The van der Waals surface area contributed by atoms with E-state index in [-0.39, 0.29) is 0 Å². The largest absolute Gasteiger partial charge is 0.378 e. The van der Waals surface area contributed by atoms with Gasteiger partial charge in [-0.1, -0.05) is 23.2 Å². The Hall–Kier alpha value is -0.770. The highest BCUT2D eigenvalue weighted by Gasteiger charge is 1.99. The van der Waals surface area contributed by atoms with Crippen LogP contribution in [0.15, 0.2) is 29.8 Å². The summed E-state index contributed by atoms with van der Waals surface area (Å²) in [5, 5.41) is 7.45. The van der Waals surface area contributed by atoms with Gasteiger partial charge in [-0.25, -0.2) is 4.98 Å². The van der Waals surface area contributed by atoms with E-state index in [0.717, 1.165) is 10.7 Å². The molecule has 0 aliphatic heterocycles. The van der Waals surface area contributed by atoms with Crippen LogP contribution < -0.4 is 5.32 Å². The standard InChI is InChI=1S/C10H8Cl2N2S/c11-7-3-8(12)5-9(4-7)14-6-10-13-1-2-15-10/h1-5,14H,6H2. The molecule has 0 saturated heterocycles. The van der Waals surface area contributed by atoms with Crippen molar-refractivity contribution >= 4 is 40.2 Å². The molecule has 0 spiro atoms. The van der Waals surface area contributed by atoms with E-state index in [0.29, 0.717) is 16.6 Å². The molecular weight excluding hydrogens is 251 g/mol.